The van der Waals surface area contributed by atoms with Crippen molar-refractivity contribution in [2.75, 3.05) is 19.0 Å². The third-order valence-corrected chi connectivity index (χ3v) is 8.30. The van der Waals surface area contributed by atoms with Gasteiger partial charge in [0.2, 0.25) is 0 Å². The summed E-state index contributed by atoms with van der Waals surface area (Å²) in [6, 6.07) is 8.89. The molecular formula is C21H24N2O3. The van der Waals surface area contributed by atoms with Gasteiger partial charge < -0.3 is 15.2 Å². The van der Waals surface area contributed by atoms with Gasteiger partial charge >= 0.3 is 5.97 Å². The number of carbonyl (C=O) groups excluding carboxylic acids is 1. The number of benzene rings is 1. The van der Waals surface area contributed by atoms with Crippen molar-refractivity contribution in [1.82, 2.24) is 4.90 Å². The second kappa shape index (κ2) is 4.52. The third-order valence-electron chi connectivity index (χ3n) is 8.30. The first kappa shape index (κ1) is 15.2. The standard InChI is InChI=1S/C21H24N2O3/c1-3-11-10-23-15-8-13(11)21(19(25)26-2)16(23)9-20(18(21)24)12-6-4-5-7-14(12)22-17(15)20/h3-7,13,15-18,22,24H,8-10H2,1-2H3/b11-3-/t13-,15-,16-,17+,18-,20+,21?/m0/s1. The lowest BCUT2D eigenvalue weighted by molar-refractivity contribution is -0.179. The highest BCUT2D eigenvalue weighted by atomic mass is 16.5. The van der Waals surface area contributed by atoms with E-state index in [-0.39, 0.29) is 24.0 Å². The zero-order valence-electron chi connectivity index (χ0n) is 15.1. The normalized spacial score (nSPS) is 50.5. The molecule has 1 aromatic rings. The highest BCUT2D eigenvalue weighted by molar-refractivity contribution is 5.84. The molecule has 2 N–H and O–H groups in total. The second-order valence-corrected chi connectivity index (χ2v) is 8.65. The lowest BCUT2D eigenvalue weighted by Gasteiger charge is -2.60. The number of ether oxygens (including phenoxy) is 1. The molecule has 5 bridgehead atoms. The molecular weight excluding hydrogens is 328 g/mol. The summed E-state index contributed by atoms with van der Waals surface area (Å²) in [5.74, 6) is -0.154. The molecule has 1 aromatic carbocycles. The average Bonchev–Trinajstić information content (AvgIpc) is 3.13. The van der Waals surface area contributed by atoms with Crippen molar-refractivity contribution in [3.63, 3.8) is 0 Å². The highest BCUT2D eigenvalue weighted by Crippen LogP contribution is 2.71. The quantitative estimate of drug-likeness (QED) is 0.595. The van der Waals surface area contributed by atoms with E-state index >= 15 is 0 Å². The topological polar surface area (TPSA) is 61.8 Å². The fourth-order valence-electron chi connectivity index (χ4n) is 7.49. The summed E-state index contributed by atoms with van der Waals surface area (Å²) in [5.41, 5.74) is 2.34. The summed E-state index contributed by atoms with van der Waals surface area (Å²) in [7, 11) is 1.46. The number of esters is 1. The third kappa shape index (κ3) is 1.28. The number of nitrogens with zero attached hydrogens (tertiary/aromatic N) is 1. The van der Waals surface area contributed by atoms with Crippen LogP contribution in [0.4, 0.5) is 5.69 Å². The zero-order valence-corrected chi connectivity index (χ0v) is 15.1. The lowest BCUT2D eigenvalue weighted by atomic mass is 9.58. The van der Waals surface area contributed by atoms with Crippen molar-refractivity contribution in [1.29, 1.82) is 0 Å². The minimum atomic E-state index is -0.848. The number of para-hydroxylation sites is 1. The number of anilines is 1. The van der Waals surface area contributed by atoms with Gasteiger partial charge in [-0.1, -0.05) is 29.8 Å². The Hall–Kier alpha value is -1.85. The van der Waals surface area contributed by atoms with E-state index in [0.29, 0.717) is 6.04 Å². The molecule has 1 spiro atoms. The molecule has 5 fully saturated rings. The second-order valence-electron chi connectivity index (χ2n) is 8.65. The number of fused-ring (bicyclic) bond motifs is 2. The molecule has 0 aromatic heterocycles. The Labute approximate surface area is 153 Å². The van der Waals surface area contributed by atoms with Crippen LogP contribution in [0.5, 0.6) is 0 Å². The molecule has 1 aliphatic carbocycles. The van der Waals surface area contributed by atoms with Gasteiger partial charge in [-0.2, -0.15) is 0 Å². The first-order chi connectivity index (χ1) is 12.6. The van der Waals surface area contributed by atoms with E-state index in [2.05, 4.69) is 35.3 Å². The molecule has 7 rings (SSSR count). The first-order valence-electron chi connectivity index (χ1n) is 9.64. The number of piperidine rings is 4. The van der Waals surface area contributed by atoms with Crippen LogP contribution < -0.4 is 5.32 Å². The number of nitrogens with one attached hydrogen (secondary N) is 1. The van der Waals surface area contributed by atoms with Crippen molar-refractivity contribution in [3.05, 3.63) is 41.5 Å². The largest absolute Gasteiger partial charge is 0.468 e. The number of hydrogen-bond acceptors (Lipinski definition) is 5. The minimum Gasteiger partial charge on any atom is -0.468 e. The summed E-state index contributed by atoms with van der Waals surface area (Å²) in [4.78, 5) is 15.7. The van der Waals surface area contributed by atoms with Gasteiger partial charge in [0.25, 0.3) is 0 Å². The molecule has 6 aliphatic rings. The van der Waals surface area contributed by atoms with Gasteiger partial charge in [0.05, 0.1) is 19.3 Å². The monoisotopic (exact) mass is 352 g/mol. The molecule has 5 aliphatic heterocycles. The summed E-state index contributed by atoms with van der Waals surface area (Å²) in [6.45, 7) is 2.96. The molecule has 2 unspecified atom stereocenters. The van der Waals surface area contributed by atoms with Crippen molar-refractivity contribution in [3.8, 4) is 0 Å². The zero-order chi connectivity index (χ0) is 17.8. The van der Waals surface area contributed by atoms with Gasteiger partial charge in [0.1, 0.15) is 5.41 Å². The predicted octanol–water partition coefficient (Wildman–Crippen LogP) is 1.68. The van der Waals surface area contributed by atoms with Crippen molar-refractivity contribution in [2.45, 2.75) is 49.4 Å². The van der Waals surface area contributed by atoms with Crippen LogP contribution in [0.1, 0.15) is 25.3 Å². The maximum atomic E-state index is 13.2. The fourth-order valence-corrected chi connectivity index (χ4v) is 7.49. The van der Waals surface area contributed by atoms with E-state index in [1.165, 1.54) is 18.2 Å². The van der Waals surface area contributed by atoms with Gasteiger partial charge in [0.15, 0.2) is 0 Å². The Balaban J connectivity index is 1.65. The maximum Gasteiger partial charge on any atom is 0.316 e. The van der Waals surface area contributed by atoms with E-state index < -0.39 is 16.9 Å². The van der Waals surface area contributed by atoms with E-state index in [9.17, 15) is 9.90 Å². The van der Waals surface area contributed by atoms with Gasteiger partial charge in [-0.15, -0.1) is 0 Å². The summed E-state index contributed by atoms with van der Waals surface area (Å²) < 4.78 is 5.34. The van der Waals surface area contributed by atoms with Crippen LogP contribution in [0.2, 0.25) is 0 Å². The number of carbonyl (C=O) groups is 1. The number of hydrogen-bond donors (Lipinski definition) is 2. The Kier molecular flexibility index (Phi) is 2.65. The van der Waals surface area contributed by atoms with Crippen LogP contribution >= 0.6 is 0 Å². The molecule has 5 heterocycles. The van der Waals surface area contributed by atoms with Crippen molar-refractivity contribution in [2.24, 2.45) is 11.3 Å². The van der Waals surface area contributed by atoms with Crippen LogP contribution in [0.3, 0.4) is 0 Å². The predicted molar refractivity (Wildman–Crippen MR) is 96.7 cm³/mol. The lowest BCUT2D eigenvalue weighted by Crippen LogP contribution is -2.71. The Morgan fingerprint density at radius 3 is 3.00 bits per heavy atom. The number of aliphatic hydroxyl groups excluding tert-OH is 1. The van der Waals surface area contributed by atoms with Crippen LogP contribution in [0, 0.1) is 11.3 Å². The SMILES string of the molecule is C/C=C1/CN2[C@H]3C[C@@]45c6ccccc6N[C@@H]4[C@@H]2C[C@@H]1C3(C(=O)OC)[C@H]5O. The van der Waals surface area contributed by atoms with Crippen molar-refractivity contribution >= 4 is 11.7 Å². The molecule has 0 radical (unpaired) electrons. The highest BCUT2D eigenvalue weighted by Gasteiger charge is 2.82. The fraction of sp³-hybridized carbons (Fsp3) is 0.571. The Morgan fingerprint density at radius 1 is 1.42 bits per heavy atom. The van der Waals surface area contributed by atoms with E-state index in [0.717, 1.165) is 25.1 Å². The van der Waals surface area contributed by atoms with E-state index in [4.69, 9.17) is 4.74 Å². The smallest absolute Gasteiger partial charge is 0.316 e. The molecule has 5 heteroatoms. The number of allylic oxidation sites excluding steroid dienone is 1. The molecule has 1 saturated carbocycles. The Morgan fingerprint density at radius 2 is 2.23 bits per heavy atom. The van der Waals surface area contributed by atoms with Crippen LogP contribution in [-0.4, -0.2) is 53.9 Å². The maximum absolute atomic E-state index is 13.2. The van der Waals surface area contributed by atoms with Gasteiger partial charge in [-0.25, -0.2) is 0 Å². The minimum absolute atomic E-state index is 0.0570. The van der Waals surface area contributed by atoms with Crippen LogP contribution in [0.15, 0.2) is 35.9 Å². The average molecular weight is 352 g/mol. The Bertz CT molecular complexity index is 867. The molecule has 5 nitrogen and oxygen atoms in total. The molecule has 136 valence electrons. The number of rotatable bonds is 1. The molecule has 4 saturated heterocycles. The molecule has 0 amide bonds. The summed E-state index contributed by atoms with van der Waals surface area (Å²) in [5, 5.41) is 15.6. The van der Waals surface area contributed by atoms with Gasteiger partial charge in [-0.05, 0) is 31.4 Å². The summed E-state index contributed by atoms with van der Waals surface area (Å²) in [6.07, 6.45) is 3.15. The van der Waals surface area contributed by atoms with E-state index in [1.807, 2.05) is 12.1 Å². The first-order valence-corrected chi connectivity index (χ1v) is 9.64. The number of aliphatic hydroxyl groups is 1. The summed E-state index contributed by atoms with van der Waals surface area (Å²) >= 11 is 0. The molecule has 26 heavy (non-hydrogen) atoms. The van der Waals surface area contributed by atoms with Crippen LogP contribution in [0.25, 0.3) is 0 Å². The van der Waals surface area contributed by atoms with E-state index in [1.54, 1.807) is 0 Å². The number of methoxy groups -OCH3 is 1. The van der Waals surface area contributed by atoms with Crippen LogP contribution in [-0.2, 0) is 14.9 Å². The van der Waals surface area contributed by atoms with Crippen molar-refractivity contribution < 1.29 is 14.6 Å². The van der Waals surface area contributed by atoms with Gasteiger partial charge in [-0.3, -0.25) is 9.69 Å². The van der Waals surface area contributed by atoms with Gasteiger partial charge in [0, 0.05) is 35.6 Å². The molecule has 8 atom stereocenters.